The van der Waals surface area contributed by atoms with Gasteiger partial charge >= 0.3 is 0 Å². The molecule has 2 heterocycles. The molecule has 1 saturated heterocycles. The molecule has 8 nitrogen and oxygen atoms in total. The summed E-state index contributed by atoms with van der Waals surface area (Å²) in [7, 11) is -3.54. The number of hydrogen-bond acceptors (Lipinski definition) is 5. The second kappa shape index (κ2) is 11.0. The fourth-order valence-electron chi connectivity index (χ4n) is 3.39. The van der Waals surface area contributed by atoms with Crippen molar-refractivity contribution in [1.82, 2.24) is 19.9 Å². The van der Waals surface area contributed by atoms with Gasteiger partial charge in [-0.05, 0) is 54.8 Å². The van der Waals surface area contributed by atoms with E-state index in [4.69, 9.17) is 0 Å². The van der Waals surface area contributed by atoms with Gasteiger partial charge in [-0.2, -0.15) is 4.31 Å². The van der Waals surface area contributed by atoms with Crippen molar-refractivity contribution in [2.75, 3.05) is 19.6 Å². The Morgan fingerprint density at radius 1 is 0.903 bits per heavy atom. The van der Waals surface area contributed by atoms with Gasteiger partial charge in [0.2, 0.25) is 15.9 Å². The van der Waals surface area contributed by atoms with E-state index in [-0.39, 0.29) is 29.7 Å². The summed E-state index contributed by atoms with van der Waals surface area (Å²) >= 11 is 0. The van der Waals surface area contributed by atoms with Crippen LogP contribution >= 0.6 is 0 Å². The zero-order valence-corrected chi connectivity index (χ0v) is 18.2. The summed E-state index contributed by atoms with van der Waals surface area (Å²) in [6.45, 7) is 1.67. The number of carbonyl (C=O) groups excluding carboxylic acids is 2. The predicted molar refractivity (Wildman–Crippen MR) is 117 cm³/mol. The average molecular weight is 445 g/mol. The van der Waals surface area contributed by atoms with Crippen molar-refractivity contribution >= 4 is 21.8 Å². The van der Waals surface area contributed by atoms with Crippen molar-refractivity contribution in [3.8, 4) is 0 Å². The molecule has 0 spiro atoms. The minimum atomic E-state index is -3.54. The molecule has 0 radical (unpaired) electrons. The van der Waals surface area contributed by atoms with Crippen LogP contribution in [0.2, 0.25) is 0 Å². The first-order valence-corrected chi connectivity index (χ1v) is 11.9. The van der Waals surface area contributed by atoms with Crippen LogP contribution in [0.5, 0.6) is 0 Å². The number of nitrogens with zero attached hydrogens (tertiary/aromatic N) is 2. The lowest BCUT2D eigenvalue weighted by atomic mass is 10.2. The van der Waals surface area contributed by atoms with Crippen LogP contribution < -0.4 is 10.6 Å². The van der Waals surface area contributed by atoms with E-state index < -0.39 is 10.0 Å². The monoisotopic (exact) mass is 444 g/mol. The molecular formula is C22H28N4O4S. The summed E-state index contributed by atoms with van der Waals surface area (Å²) in [5.41, 5.74) is 1.30. The highest BCUT2D eigenvalue weighted by Crippen LogP contribution is 2.20. The van der Waals surface area contributed by atoms with Crippen LogP contribution in [0.1, 0.15) is 48.0 Å². The van der Waals surface area contributed by atoms with Crippen LogP contribution in [-0.4, -0.2) is 49.2 Å². The molecule has 1 aliphatic rings. The van der Waals surface area contributed by atoms with Gasteiger partial charge in [0.05, 0.1) is 4.90 Å². The highest BCUT2D eigenvalue weighted by atomic mass is 32.2. The molecule has 1 aromatic heterocycles. The number of benzene rings is 1. The number of carbonyl (C=O) groups is 2. The number of hydrogen-bond donors (Lipinski definition) is 2. The van der Waals surface area contributed by atoms with Crippen molar-refractivity contribution in [3.05, 3.63) is 59.9 Å². The van der Waals surface area contributed by atoms with Crippen LogP contribution in [0.25, 0.3) is 0 Å². The van der Waals surface area contributed by atoms with E-state index >= 15 is 0 Å². The van der Waals surface area contributed by atoms with Crippen LogP contribution in [0.3, 0.4) is 0 Å². The number of rotatable bonds is 8. The summed E-state index contributed by atoms with van der Waals surface area (Å²) in [6, 6.07) is 9.58. The van der Waals surface area contributed by atoms with E-state index in [1.54, 1.807) is 12.4 Å². The van der Waals surface area contributed by atoms with Crippen LogP contribution in [0, 0.1) is 0 Å². The molecule has 2 amide bonds. The highest BCUT2D eigenvalue weighted by Gasteiger charge is 2.25. The molecule has 2 N–H and O–H groups in total. The second-order valence-electron chi connectivity index (χ2n) is 7.48. The first-order chi connectivity index (χ1) is 15.0. The number of sulfonamides is 1. The van der Waals surface area contributed by atoms with E-state index in [9.17, 15) is 18.0 Å². The van der Waals surface area contributed by atoms with Gasteiger partial charge in [-0.1, -0.05) is 12.8 Å². The van der Waals surface area contributed by atoms with Crippen LogP contribution in [-0.2, 0) is 21.4 Å². The maximum absolute atomic E-state index is 12.8. The van der Waals surface area contributed by atoms with Gasteiger partial charge in [0.15, 0.2) is 0 Å². The van der Waals surface area contributed by atoms with Crippen molar-refractivity contribution in [2.24, 2.45) is 0 Å². The molecule has 3 rings (SSSR count). The Morgan fingerprint density at radius 3 is 2.19 bits per heavy atom. The van der Waals surface area contributed by atoms with E-state index in [1.165, 1.54) is 28.6 Å². The molecule has 0 bridgehead atoms. The van der Waals surface area contributed by atoms with Crippen molar-refractivity contribution in [2.45, 2.75) is 43.5 Å². The van der Waals surface area contributed by atoms with E-state index in [1.807, 2.05) is 12.1 Å². The molecule has 166 valence electrons. The van der Waals surface area contributed by atoms with Crippen LogP contribution in [0.4, 0.5) is 0 Å². The Morgan fingerprint density at radius 2 is 1.55 bits per heavy atom. The quantitative estimate of drug-likeness (QED) is 0.648. The topological polar surface area (TPSA) is 108 Å². The number of nitrogens with one attached hydrogen (secondary N) is 2. The molecule has 2 aromatic rings. The fraction of sp³-hybridized carbons (Fsp3) is 0.409. The summed E-state index contributed by atoms with van der Waals surface area (Å²) in [5.74, 6) is -0.517. The molecule has 1 fully saturated rings. The molecule has 0 aliphatic carbocycles. The van der Waals surface area contributed by atoms with Gasteiger partial charge in [0, 0.05) is 50.6 Å². The molecule has 0 atom stereocenters. The zero-order chi connectivity index (χ0) is 22.1. The predicted octanol–water partition coefficient (Wildman–Crippen LogP) is 2.08. The Labute approximate surface area is 183 Å². The van der Waals surface area contributed by atoms with Gasteiger partial charge in [0.25, 0.3) is 5.91 Å². The lowest BCUT2D eigenvalue weighted by Gasteiger charge is -2.20. The van der Waals surface area contributed by atoms with Crippen LogP contribution in [0.15, 0.2) is 53.7 Å². The minimum absolute atomic E-state index is 0.151. The molecule has 31 heavy (non-hydrogen) atoms. The molecule has 1 aromatic carbocycles. The van der Waals surface area contributed by atoms with Crippen molar-refractivity contribution in [3.63, 3.8) is 0 Å². The summed E-state index contributed by atoms with van der Waals surface area (Å²) in [4.78, 5) is 28.3. The standard InChI is InChI=1S/C22H28N4O4S/c27-21(25-17-18-9-12-23-13-10-18)11-14-24-22(28)19-5-7-20(8-6-19)31(29,30)26-15-3-1-2-4-16-26/h5-10,12-13H,1-4,11,14-17H2,(H,24,28)(H,25,27). The van der Waals surface area contributed by atoms with E-state index in [2.05, 4.69) is 15.6 Å². The Bertz CT molecular complexity index is 970. The third kappa shape index (κ3) is 6.60. The van der Waals surface area contributed by atoms with Gasteiger partial charge in [-0.15, -0.1) is 0 Å². The molecule has 0 unspecified atom stereocenters. The number of aromatic nitrogens is 1. The number of pyridine rings is 1. The first-order valence-electron chi connectivity index (χ1n) is 10.5. The lowest BCUT2D eigenvalue weighted by molar-refractivity contribution is -0.121. The third-order valence-electron chi connectivity index (χ3n) is 5.20. The Kier molecular flexibility index (Phi) is 8.13. The Hall–Kier alpha value is -2.78. The summed E-state index contributed by atoms with van der Waals surface area (Å²) < 4.78 is 27.1. The average Bonchev–Trinajstić information content (AvgIpc) is 3.09. The van der Waals surface area contributed by atoms with Crippen molar-refractivity contribution in [1.29, 1.82) is 0 Å². The Balaban J connectivity index is 1.47. The molecule has 1 aliphatic heterocycles. The van der Waals surface area contributed by atoms with Gasteiger partial charge < -0.3 is 10.6 Å². The maximum Gasteiger partial charge on any atom is 0.251 e. The normalized spacial score (nSPS) is 15.1. The lowest BCUT2D eigenvalue weighted by Crippen LogP contribution is -2.32. The summed E-state index contributed by atoms with van der Waals surface area (Å²) in [6.07, 6.45) is 7.31. The SMILES string of the molecule is O=C(CCNC(=O)c1ccc(S(=O)(=O)N2CCCCCC2)cc1)NCc1ccncc1. The molecule has 0 saturated carbocycles. The number of amides is 2. The van der Waals surface area contributed by atoms with E-state index in [0.29, 0.717) is 25.2 Å². The minimum Gasteiger partial charge on any atom is -0.352 e. The zero-order valence-electron chi connectivity index (χ0n) is 17.4. The smallest absolute Gasteiger partial charge is 0.251 e. The summed E-state index contributed by atoms with van der Waals surface area (Å²) in [5, 5.41) is 5.47. The van der Waals surface area contributed by atoms with Gasteiger partial charge in [-0.25, -0.2) is 8.42 Å². The maximum atomic E-state index is 12.8. The van der Waals surface area contributed by atoms with Crippen molar-refractivity contribution < 1.29 is 18.0 Å². The first kappa shape index (κ1) is 22.9. The highest BCUT2D eigenvalue weighted by molar-refractivity contribution is 7.89. The second-order valence-corrected chi connectivity index (χ2v) is 9.42. The molecule has 9 heteroatoms. The third-order valence-corrected chi connectivity index (χ3v) is 7.11. The largest absolute Gasteiger partial charge is 0.352 e. The fourth-order valence-corrected chi connectivity index (χ4v) is 4.91. The van der Waals surface area contributed by atoms with Gasteiger partial charge in [-0.3, -0.25) is 14.6 Å². The molecular weight excluding hydrogens is 416 g/mol. The van der Waals surface area contributed by atoms with Gasteiger partial charge in [0.1, 0.15) is 0 Å². The van der Waals surface area contributed by atoms with E-state index in [0.717, 1.165) is 31.2 Å².